The molecule has 1 atom stereocenters. The fraction of sp³-hybridized carbons (Fsp3) is 0.333. The predicted octanol–water partition coefficient (Wildman–Crippen LogP) is 2.27. The number of aromatic carboxylic acids is 1. The number of nitrogens with zero attached hydrogens (tertiary/aromatic N) is 1. The van der Waals surface area contributed by atoms with E-state index in [9.17, 15) is 14.0 Å². The number of rotatable bonds is 3. The lowest BCUT2D eigenvalue weighted by Crippen LogP contribution is -2.27. The summed E-state index contributed by atoms with van der Waals surface area (Å²) in [6.45, 7) is 0.411. The molecule has 0 aromatic heterocycles. The third-order valence-electron chi connectivity index (χ3n) is 2.92. The van der Waals surface area contributed by atoms with E-state index in [2.05, 4.69) is 15.9 Å². The number of benzene rings is 1. The molecule has 96 valence electrons. The molecule has 1 unspecified atom stereocenters. The summed E-state index contributed by atoms with van der Waals surface area (Å²) in [5.74, 6) is -2.23. The van der Waals surface area contributed by atoms with E-state index >= 15 is 0 Å². The molecule has 0 saturated carbocycles. The number of carboxylic acids is 1. The Hall–Kier alpha value is -1.43. The highest BCUT2D eigenvalue weighted by molar-refractivity contribution is 9.09. The third kappa shape index (κ3) is 2.25. The van der Waals surface area contributed by atoms with Crippen molar-refractivity contribution in [2.24, 2.45) is 5.92 Å². The summed E-state index contributed by atoms with van der Waals surface area (Å²) in [7, 11) is 0. The molecule has 1 saturated heterocycles. The number of anilines is 1. The Labute approximate surface area is 112 Å². The Kier molecular flexibility index (Phi) is 3.65. The van der Waals surface area contributed by atoms with Crippen molar-refractivity contribution in [1.29, 1.82) is 0 Å². The van der Waals surface area contributed by atoms with Gasteiger partial charge in [0.1, 0.15) is 11.4 Å². The summed E-state index contributed by atoms with van der Waals surface area (Å²) < 4.78 is 13.5. The SMILES string of the molecule is O=C(O)c1c(F)cccc1N1CC(CBr)CC1=O. The van der Waals surface area contributed by atoms with Crippen LogP contribution in [0, 0.1) is 11.7 Å². The maximum atomic E-state index is 13.5. The maximum Gasteiger partial charge on any atom is 0.340 e. The van der Waals surface area contributed by atoms with E-state index < -0.39 is 17.3 Å². The summed E-state index contributed by atoms with van der Waals surface area (Å²) in [4.78, 5) is 24.2. The minimum Gasteiger partial charge on any atom is -0.478 e. The Morgan fingerprint density at radius 1 is 1.56 bits per heavy atom. The summed E-state index contributed by atoms with van der Waals surface area (Å²) >= 11 is 3.30. The molecule has 1 aliphatic rings. The number of carbonyl (C=O) groups excluding carboxylic acids is 1. The fourth-order valence-corrected chi connectivity index (χ4v) is 2.50. The number of carboxylic acid groups (broad SMARTS) is 1. The van der Waals surface area contributed by atoms with Gasteiger partial charge in [-0.1, -0.05) is 22.0 Å². The van der Waals surface area contributed by atoms with Crippen molar-refractivity contribution in [3.05, 3.63) is 29.6 Å². The van der Waals surface area contributed by atoms with Gasteiger partial charge in [-0.15, -0.1) is 0 Å². The Balaban J connectivity index is 2.43. The lowest BCUT2D eigenvalue weighted by atomic mass is 10.1. The first-order valence-corrected chi connectivity index (χ1v) is 6.55. The first-order chi connectivity index (χ1) is 8.54. The molecular formula is C12H11BrFNO3. The van der Waals surface area contributed by atoms with Crippen molar-refractivity contribution in [3.63, 3.8) is 0 Å². The van der Waals surface area contributed by atoms with Crippen LogP contribution in [0.25, 0.3) is 0 Å². The number of halogens is 2. The summed E-state index contributed by atoms with van der Waals surface area (Å²) in [6.07, 6.45) is 0.348. The lowest BCUT2D eigenvalue weighted by molar-refractivity contribution is -0.117. The van der Waals surface area contributed by atoms with Crippen LogP contribution in [-0.2, 0) is 4.79 Å². The highest BCUT2D eigenvalue weighted by Gasteiger charge is 2.32. The standard InChI is InChI=1S/C12H11BrFNO3/c13-5-7-4-10(16)15(6-7)9-3-1-2-8(14)11(9)12(17)18/h1-3,7H,4-6H2,(H,17,18). The lowest BCUT2D eigenvalue weighted by Gasteiger charge is -2.18. The first kappa shape index (κ1) is 13.0. The van der Waals surface area contributed by atoms with Crippen LogP contribution in [-0.4, -0.2) is 28.9 Å². The zero-order valence-corrected chi connectivity index (χ0v) is 11.0. The predicted molar refractivity (Wildman–Crippen MR) is 67.6 cm³/mol. The van der Waals surface area contributed by atoms with Gasteiger partial charge in [0.15, 0.2) is 0 Å². The van der Waals surface area contributed by atoms with Gasteiger partial charge in [0.05, 0.1) is 5.69 Å². The molecule has 6 heteroatoms. The normalized spacial score (nSPS) is 19.3. The van der Waals surface area contributed by atoms with E-state index in [0.717, 1.165) is 6.07 Å². The molecule has 1 aromatic rings. The van der Waals surface area contributed by atoms with Gasteiger partial charge >= 0.3 is 5.97 Å². The number of carbonyl (C=O) groups is 2. The molecule has 1 aliphatic heterocycles. The third-order valence-corrected chi connectivity index (χ3v) is 3.84. The average molecular weight is 316 g/mol. The molecule has 0 bridgehead atoms. The van der Waals surface area contributed by atoms with Crippen molar-refractivity contribution in [3.8, 4) is 0 Å². The number of amides is 1. The molecule has 18 heavy (non-hydrogen) atoms. The fourth-order valence-electron chi connectivity index (χ4n) is 2.07. The van der Waals surface area contributed by atoms with Crippen LogP contribution >= 0.6 is 15.9 Å². The van der Waals surface area contributed by atoms with Crippen LogP contribution in [0.2, 0.25) is 0 Å². The van der Waals surface area contributed by atoms with Gasteiger partial charge in [-0.3, -0.25) is 4.79 Å². The second-order valence-electron chi connectivity index (χ2n) is 4.17. The van der Waals surface area contributed by atoms with Gasteiger partial charge in [0, 0.05) is 18.3 Å². The van der Waals surface area contributed by atoms with Crippen LogP contribution in [0.4, 0.5) is 10.1 Å². The molecule has 0 spiro atoms. The molecule has 0 aliphatic carbocycles. The Bertz CT molecular complexity index is 506. The molecule has 1 aromatic carbocycles. The zero-order valence-electron chi connectivity index (χ0n) is 9.40. The van der Waals surface area contributed by atoms with E-state index in [1.54, 1.807) is 0 Å². The molecule has 1 fully saturated rings. The quantitative estimate of drug-likeness (QED) is 0.870. The topological polar surface area (TPSA) is 57.6 Å². The summed E-state index contributed by atoms with van der Waals surface area (Å²) in [5.41, 5.74) is -0.308. The largest absolute Gasteiger partial charge is 0.478 e. The van der Waals surface area contributed by atoms with Crippen LogP contribution in [0.15, 0.2) is 18.2 Å². The zero-order chi connectivity index (χ0) is 13.3. The Morgan fingerprint density at radius 3 is 2.83 bits per heavy atom. The summed E-state index contributed by atoms with van der Waals surface area (Å²) in [5, 5.41) is 9.69. The van der Waals surface area contributed by atoms with Crippen molar-refractivity contribution < 1.29 is 19.1 Å². The number of alkyl halides is 1. The monoisotopic (exact) mass is 315 g/mol. The van der Waals surface area contributed by atoms with Gasteiger partial charge < -0.3 is 10.0 Å². The van der Waals surface area contributed by atoms with Gasteiger partial charge in [-0.05, 0) is 18.1 Å². The highest BCUT2D eigenvalue weighted by Crippen LogP contribution is 2.30. The average Bonchev–Trinajstić information content (AvgIpc) is 2.69. The molecule has 0 radical (unpaired) electrons. The number of hydrogen-bond donors (Lipinski definition) is 1. The molecule has 2 rings (SSSR count). The second kappa shape index (κ2) is 5.06. The highest BCUT2D eigenvalue weighted by atomic mass is 79.9. The van der Waals surface area contributed by atoms with Crippen molar-refractivity contribution in [2.45, 2.75) is 6.42 Å². The van der Waals surface area contributed by atoms with E-state index in [-0.39, 0.29) is 17.5 Å². The van der Waals surface area contributed by atoms with Crippen molar-refractivity contribution >= 4 is 33.5 Å². The smallest absolute Gasteiger partial charge is 0.340 e. The maximum absolute atomic E-state index is 13.5. The molecule has 1 N–H and O–H groups in total. The van der Waals surface area contributed by atoms with Crippen LogP contribution in [0.3, 0.4) is 0 Å². The van der Waals surface area contributed by atoms with Gasteiger partial charge in [-0.2, -0.15) is 0 Å². The molecule has 1 heterocycles. The minimum atomic E-state index is -1.36. The van der Waals surface area contributed by atoms with Crippen LogP contribution < -0.4 is 4.90 Å². The number of hydrogen-bond acceptors (Lipinski definition) is 2. The second-order valence-corrected chi connectivity index (χ2v) is 4.82. The minimum absolute atomic E-state index is 0.127. The van der Waals surface area contributed by atoms with E-state index in [0.29, 0.717) is 18.3 Å². The summed E-state index contributed by atoms with van der Waals surface area (Å²) in [6, 6.07) is 3.95. The molecule has 4 nitrogen and oxygen atoms in total. The van der Waals surface area contributed by atoms with Crippen LogP contribution in [0.1, 0.15) is 16.8 Å². The van der Waals surface area contributed by atoms with Crippen LogP contribution in [0.5, 0.6) is 0 Å². The van der Waals surface area contributed by atoms with E-state index in [1.165, 1.54) is 17.0 Å². The van der Waals surface area contributed by atoms with E-state index in [4.69, 9.17) is 5.11 Å². The van der Waals surface area contributed by atoms with Crippen molar-refractivity contribution in [1.82, 2.24) is 0 Å². The molecular weight excluding hydrogens is 305 g/mol. The van der Waals surface area contributed by atoms with Crippen molar-refractivity contribution in [2.75, 3.05) is 16.8 Å². The molecule has 1 amide bonds. The first-order valence-electron chi connectivity index (χ1n) is 5.42. The van der Waals surface area contributed by atoms with Gasteiger partial charge in [0.2, 0.25) is 5.91 Å². The van der Waals surface area contributed by atoms with Gasteiger partial charge in [0.25, 0.3) is 0 Å². The van der Waals surface area contributed by atoms with E-state index in [1.807, 2.05) is 0 Å². The Morgan fingerprint density at radius 2 is 2.28 bits per heavy atom. The van der Waals surface area contributed by atoms with Gasteiger partial charge in [-0.25, -0.2) is 9.18 Å².